The van der Waals surface area contributed by atoms with E-state index in [9.17, 15) is 9.59 Å². The van der Waals surface area contributed by atoms with Gasteiger partial charge in [0.05, 0.1) is 11.3 Å². The van der Waals surface area contributed by atoms with Crippen LogP contribution in [-0.4, -0.2) is 18.5 Å². The van der Waals surface area contributed by atoms with Crippen molar-refractivity contribution < 1.29 is 14.3 Å². The van der Waals surface area contributed by atoms with Crippen LogP contribution in [0.4, 0.5) is 5.69 Å². The average molecular weight is 369 g/mol. The molecule has 0 aliphatic rings. The van der Waals surface area contributed by atoms with Crippen LogP contribution in [0.25, 0.3) is 0 Å². The zero-order chi connectivity index (χ0) is 17.5. The lowest BCUT2D eigenvalue weighted by Crippen LogP contribution is -2.21. The van der Waals surface area contributed by atoms with E-state index in [1.54, 1.807) is 28.6 Å². The van der Waals surface area contributed by atoms with Crippen LogP contribution in [0.1, 0.15) is 10.4 Å². The normalized spacial score (nSPS) is 10.2. The predicted octanol–water partition coefficient (Wildman–Crippen LogP) is 4.69. The number of nitrogens with one attached hydrogen (secondary N) is 1. The van der Waals surface area contributed by atoms with Crippen molar-refractivity contribution >= 4 is 40.7 Å². The van der Waals surface area contributed by atoms with E-state index >= 15 is 0 Å². The number of benzene rings is 2. The first-order valence-electron chi connectivity index (χ1n) is 7.53. The lowest BCUT2D eigenvalue weighted by Gasteiger charge is -2.11. The van der Waals surface area contributed by atoms with Crippen molar-refractivity contribution in [3.05, 3.63) is 77.0 Å². The third-order valence-electron chi connectivity index (χ3n) is 3.22. The first kappa shape index (κ1) is 17.3. The van der Waals surface area contributed by atoms with Gasteiger partial charge in [-0.25, -0.2) is 4.79 Å². The summed E-state index contributed by atoms with van der Waals surface area (Å²) in [7, 11) is 0. The van der Waals surface area contributed by atoms with Gasteiger partial charge < -0.3 is 10.1 Å². The standard InChI is InChI=1S/C19H15NO3S2/c21-18(12-23-19(22)14-10-11-24-13-14)20-16-8-4-5-9-17(16)25-15-6-2-1-3-7-15/h1-11,13H,12H2,(H,20,21). The van der Waals surface area contributed by atoms with E-state index < -0.39 is 5.97 Å². The van der Waals surface area contributed by atoms with Crippen LogP contribution >= 0.6 is 23.1 Å². The Labute approximate surface area is 153 Å². The number of amides is 1. The van der Waals surface area contributed by atoms with Crippen molar-refractivity contribution in [3.63, 3.8) is 0 Å². The lowest BCUT2D eigenvalue weighted by atomic mass is 10.3. The molecule has 1 amide bonds. The number of hydrogen-bond donors (Lipinski definition) is 1. The molecule has 0 fully saturated rings. The Bertz CT molecular complexity index is 848. The van der Waals surface area contributed by atoms with Gasteiger partial charge in [0, 0.05) is 15.2 Å². The molecule has 25 heavy (non-hydrogen) atoms. The molecule has 0 radical (unpaired) electrons. The summed E-state index contributed by atoms with van der Waals surface area (Å²) < 4.78 is 5.03. The van der Waals surface area contributed by atoms with E-state index in [2.05, 4.69) is 5.32 Å². The van der Waals surface area contributed by atoms with Crippen LogP contribution in [0.3, 0.4) is 0 Å². The van der Waals surface area contributed by atoms with Crippen molar-refractivity contribution in [1.82, 2.24) is 0 Å². The van der Waals surface area contributed by atoms with Crippen LogP contribution in [0.2, 0.25) is 0 Å². The minimum Gasteiger partial charge on any atom is -0.452 e. The molecule has 2 aromatic carbocycles. The molecule has 0 unspecified atom stereocenters. The summed E-state index contributed by atoms with van der Waals surface area (Å²) in [6.07, 6.45) is 0. The molecule has 4 nitrogen and oxygen atoms in total. The van der Waals surface area contributed by atoms with Crippen LogP contribution < -0.4 is 5.32 Å². The van der Waals surface area contributed by atoms with Crippen LogP contribution in [-0.2, 0) is 9.53 Å². The highest BCUT2D eigenvalue weighted by atomic mass is 32.2. The molecular weight excluding hydrogens is 354 g/mol. The highest BCUT2D eigenvalue weighted by Crippen LogP contribution is 2.33. The van der Waals surface area contributed by atoms with E-state index in [-0.39, 0.29) is 12.5 Å². The Balaban J connectivity index is 1.60. The molecule has 0 atom stereocenters. The van der Waals surface area contributed by atoms with E-state index in [1.807, 2.05) is 54.6 Å². The SMILES string of the molecule is O=C(COC(=O)c1ccsc1)Nc1ccccc1Sc1ccccc1. The van der Waals surface area contributed by atoms with Crippen molar-refractivity contribution in [2.24, 2.45) is 0 Å². The fourth-order valence-electron chi connectivity index (χ4n) is 2.06. The minimum absolute atomic E-state index is 0.320. The van der Waals surface area contributed by atoms with Crippen molar-refractivity contribution in [2.75, 3.05) is 11.9 Å². The summed E-state index contributed by atoms with van der Waals surface area (Å²) in [6, 6.07) is 19.1. The molecule has 0 aliphatic carbocycles. The van der Waals surface area contributed by atoms with Crippen molar-refractivity contribution in [1.29, 1.82) is 0 Å². The predicted molar refractivity (Wildman–Crippen MR) is 100 cm³/mol. The Hall–Kier alpha value is -2.57. The molecule has 0 saturated carbocycles. The van der Waals surface area contributed by atoms with Gasteiger partial charge in [-0.1, -0.05) is 42.1 Å². The van der Waals surface area contributed by atoms with Crippen molar-refractivity contribution in [2.45, 2.75) is 9.79 Å². The molecular formula is C19H15NO3S2. The van der Waals surface area contributed by atoms with Gasteiger partial charge in [0.25, 0.3) is 5.91 Å². The van der Waals surface area contributed by atoms with E-state index in [1.165, 1.54) is 11.3 Å². The number of carbonyl (C=O) groups is 2. The molecule has 1 N–H and O–H groups in total. The van der Waals surface area contributed by atoms with Crippen LogP contribution in [0, 0.1) is 0 Å². The Morgan fingerprint density at radius 3 is 2.52 bits per heavy atom. The summed E-state index contributed by atoms with van der Waals surface area (Å²) in [5.74, 6) is -0.868. The number of carbonyl (C=O) groups excluding carboxylic acids is 2. The van der Waals surface area contributed by atoms with Gasteiger partial charge in [-0.05, 0) is 35.7 Å². The number of thiophene rings is 1. The monoisotopic (exact) mass is 369 g/mol. The zero-order valence-electron chi connectivity index (χ0n) is 13.2. The second kappa shape index (κ2) is 8.50. The number of para-hydroxylation sites is 1. The highest BCUT2D eigenvalue weighted by molar-refractivity contribution is 7.99. The van der Waals surface area contributed by atoms with Gasteiger partial charge in [0.2, 0.25) is 0 Å². The van der Waals surface area contributed by atoms with Gasteiger partial charge in [-0.15, -0.1) is 0 Å². The maximum Gasteiger partial charge on any atom is 0.339 e. The lowest BCUT2D eigenvalue weighted by molar-refractivity contribution is -0.119. The molecule has 126 valence electrons. The first-order chi connectivity index (χ1) is 12.2. The molecule has 0 bridgehead atoms. The summed E-state index contributed by atoms with van der Waals surface area (Å²) in [6.45, 7) is -0.320. The zero-order valence-corrected chi connectivity index (χ0v) is 14.8. The second-order valence-electron chi connectivity index (χ2n) is 5.05. The summed E-state index contributed by atoms with van der Waals surface area (Å²) in [5, 5.41) is 6.27. The molecule has 1 heterocycles. The number of anilines is 1. The van der Waals surface area contributed by atoms with Gasteiger partial charge in [-0.3, -0.25) is 4.79 Å². The van der Waals surface area contributed by atoms with Crippen LogP contribution in [0.5, 0.6) is 0 Å². The summed E-state index contributed by atoms with van der Waals surface area (Å²) in [5.41, 5.74) is 1.14. The Morgan fingerprint density at radius 1 is 1.00 bits per heavy atom. The number of rotatable bonds is 6. The molecule has 6 heteroatoms. The first-order valence-corrected chi connectivity index (χ1v) is 9.29. The second-order valence-corrected chi connectivity index (χ2v) is 6.94. The van der Waals surface area contributed by atoms with E-state index in [0.29, 0.717) is 11.3 Å². The number of ether oxygens (including phenoxy) is 1. The quantitative estimate of drug-likeness (QED) is 0.640. The van der Waals surface area contributed by atoms with E-state index in [4.69, 9.17) is 4.74 Å². The number of hydrogen-bond acceptors (Lipinski definition) is 5. The molecule has 3 aromatic rings. The highest BCUT2D eigenvalue weighted by Gasteiger charge is 2.12. The Kier molecular flexibility index (Phi) is 5.87. The van der Waals surface area contributed by atoms with Gasteiger partial charge >= 0.3 is 5.97 Å². The minimum atomic E-state index is -0.497. The van der Waals surface area contributed by atoms with Crippen molar-refractivity contribution in [3.8, 4) is 0 Å². The van der Waals surface area contributed by atoms with Gasteiger partial charge in [0.1, 0.15) is 0 Å². The molecule has 0 aliphatic heterocycles. The molecule has 1 aromatic heterocycles. The fourth-order valence-corrected chi connectivity index (χ4v) is 3.60. The maximum absolute atomic E-state index is 12.1. The maximum atomic E-state index is 12.1. The Morgan fingerprint density at radius 2 is 1.76 bits per heavy atom. The molecule has 3 rings (SSSR count). The fraction of sp³-hybridized carbons (Fsp3) is 0.0526. The number of esters is 1. The third-order valence-corrected chi connectivity index (χ3v) is 4.99. The molecule has 0 saturated heterocycles. The smallest absolute Gasteiger partial charge is 0.339 e. The van der Waals surface area contributed by atoms with Gasteiger partial charge in [0.15, 0.2) is 6.61 Å². The summed E-state index contributed by atoms with van der Waals surface area (Å²) >= 11 is 2.96. The summed E-state index contributed by atoms with van der Waals surface area (Å²) in [4.78, 5) is 25.9. The van der Waals surface area contributed by atoms with Gasteiger partial charge in [-0.2, -0.15) is 11.3 Å². The molecule has 0 spiro atoms. The third kappa shape index (κ3) is 4.95. The average Bonchev–Trinajstić information content (AvgIpc) is 3.17. The topological polar surface area (TPSA) is 55.4 Å². The van der Waals surface area contributed by atoms with Crippen LogP contribution in [0.15, 0.2) is 81.2 Å². The van der Waals surface area contributed by atoms with E-state index in [0.717, 1.165) is 9.79 Å². The largest absolute Gasteiger partial charge is 0.452 e.